The number of amides is 1. The Balaban J connectivity index is 2.19. The molecule has 0 aliphatic rings. The second-order valence-electron chi connectivity index (χ2n) is 5.91. The van der Waals surface area contributed by atoms with Crippen LogP contribution in [0.4, 0.5) is 5.69 Å². The summed E-state index contributed by atoms with van der Waals surface area (Å²) >= 11 is 0. The summed E-state index contributed by atoms with van der Waals surface area (Å²) in [4.78, 5) is 12.5. The first-order chi connectivity index (χ1) is 12.3. The van der Waals surface area contributed by atoms with E-state index in [1.807, 2.05) is 37.3 Å². The van der Waals surface area contributed by atoms with E-state index in [4.69, 9.17) is 4.74 Å². The summed E-state index contributed by atoms with van der Waals surface area (Å²) in [5.74, 6) is 0.154. The van der Waals surface area contributed by atoms with Gasteiger partial charge in [-0.2, -0.15) is 0 Å². The zero-order chi connectivity index (χ0) is 19.2. The van der Waals surface area contributed by atoms with Crippen LogP contribution in [0.2, 0.25) is 0 Å². The zero-order valence-corrected chi connectivity index (χ0v) is 16.0. The fourth-order valence-electron chi connectivity index (χ4n) is 2.64. The highest BCUT2D eigenvalue weighted by Crippen LogP contribution is 2.23. The Kier molecular flexibility index (Phi) is 6.63. The Bertz CT molecular complexity index is 838. The molecule has 0 fully saturated rings. The third-order valence-corrected chi connectivity index (χ3v) is 5.11. The smallest absolute Gasteiger partial charge is 0.241 e. The van der Waals surface area contributed by atoms with Gasteiger partial charge in [0.25, 0.3) is 0 Å². The number of rotatable bonds is 8. The molecule has 1 amide bonds. The highest BCUT2D eigenvalue weighted by atomic mass is 32.2. The molecule has 26 heavy (non-hydrogen) atoms. The highest BCUT2D eigenvalue weighted by Gasteiger charge is 2.22. The maximum Gasteiger partial charge on any atom is 0.241 e. The van der Waals surface area contributed by atoms with Crippen LogP contribution in [-0.4, -0.2) is 34.2 Å². The highest BCUT2D eigenvalue weighted by molar-refractivity contribution is 7.92. The zero-order valence-electron chi connectivity index (χ0n) is 15.2. The molecule has 2 aromatic rings. The van der Waals surface area contributed by atoms with Gasteiger partial charge in [-0.05, 0) is 24.1 Å². The lowest BCUT2D eigenvalue weighted by atomic mass is 10.0. The Labute approximate surface area is 154 Å². The van der Waals surface area contributed by atoms with Crippen molar-refractivity contribution in [3.63, 3.8) is 0 Å². The van der Waals surface area contributed by atoms with Crippen molar-refractivity contribution in [3.05, 3.63) is 60.2 Å². The molecule has 1 atom stereocenters. The minimum absolute atomic E-state index is 0.171. The number of hydrogen-bond donors (Lipinski definition) is 1. The summed E-state index contributed by atoms with van der Waals surface area (Å²) in [7, 11) is -2.13. The minimum atomic E-state index is -3.63. The number of anilines is 1. The van der Waals surface area contributed by atoms with Gasteiger partial charge in [0, 0.05) is 6.07 Å². The summed E-state index contributed by atoms with van der Waals surface area (Å²) in [6.45, 7) is 1.67. The van der Waals surface area contributed by atoms with Crippen LogP contribution < -0.4 is 14.4 Å². The van der Waals surface area contributed by atoms with Crippen molar-refractivity contribution < 1.29 is 17.9 Å². The van der Waals surface area contributed by atoms with E-state index in [1.165, 1.54) is 7.11 Å². The minimum Gasteiger partial charge on any atom is -0.497 e. The van der Waals surface area contributed by atoms with E-state index < -0.39 is 10.0 Å². The van der Waals surface area contributed by atoms with Crippen LogP contribution in [0.5, 0.6) is 5.75 Å². The molecular formula is C19H24N2O4S. The van der Waals surface area contributed by atoms with Gasteiger partial charge >= 0.3 is 0 Å². The van der Waals surface area contributed by atoms with Crippen LogP contribution in [0.15, 0.2) is 54.6 Å². The molecule has 0 aliphatic carbocycles. The normalized spacial score (nSPS) is 12.3. The van der Waals surface area contributed by atoms with Crippen molar-refractivity contribution in [2.24, 2.45) is 0 Å². The molecular weight excluding hydrogens is 352 g/mol. The fraction of sp³-hybridized carbons (Fsp3) is 0.316. The largest absolute Gasteiger partial charge is 0.497 e. The molecule has 1 N–H and O–H groups in total. The van der Waals surface area contributed by atoms with Gasteiger partial charge in [0.05, 0.1) is 25.1 Å². The predicted molar refractivity (Wildman–Crippen MR) is 103 cm³/mol. The Morgan fingerprint density at radius 2 is 1.85 bits per heavy atom. The number of nitrogens with one attached hydrogen (secondary N) is 1. The summed E-state index contributed by atoms with van der Waals surface area (Å²) in [5.41, 5.74) is 1.37. The Morgan fingerprint density at radius 3 is 2.42 bits per heavy atom. The standard InChI is InChI=1S/C19H24N2O4S/c1-4-18(15-9-6-5-7-10-15)20-19(22)14-21(26(3,23)24)16-11-8-12-17(13-16)25-2/h5-13,18H,4,14H2,1-3H3,(H,20,22)/t18-/m1/s1. The summed E-state index contributed by atoms with van der Waals surface area (Å²) in [6.07, 6.45) is 1.78. The molecule has 7 heteroatoms. The van der Waals surface area contributed by atoms with Crippen molar-refractivity contribution in [1.29, 1.82) is 0 Å². The fourth-order valence-corrected chi connectivity index (χ4v) is 3.49. The maximum atomic E-state index is 12.5. The number of benzene rings is 2. The average molecular weight is 376 g/mol. The van der Waals surface area contributed by atoms with E-state index >= 15 is 0 Å². The van der Waals surface area contributed by atoms with E-state index in [2.05, 4.69) is 5.32 Å². The summed E-state index contributed by atoms with van der Waals surface area (Å²) < 4.78 is 30.6. The van der Waals surface area contributed by atoms with E-state index in [9.17, 15) is 13.2 Å². The first-order valence-electron chi connectivity index (χ1n) is 8.31. The van der Waals surface area contributed by atoms with Crippen molar-refractivity contribution >= 4 is 21.6 Å². The average Bonchev–Trinajstić information content (AvgIpc) is 2.64. The lowest BCUT2D eigenvalue weighted by Crippen LogP contribution is -2.41. The van der Waals surface area contributed by atoms with Gasteiger partial charge in [-0.15, -0.1) is 0 Å². The lowest BCUT2D eigenvalue weighted by molar-refractivity contribution is -0.120. The van der Waals surface area contributed by atoms with E-state index in [1.54, 1.807) is 24.3 Å². The molecule has 0 aromatic heterocycles. The van der Waals surface area contributed by atoms with E-state index in [0.29, 0.717) is 17.9 Å². The molecule has 0 aliphatic heterocycles. The maximum absolute atomic E-state index is 12.5. The van der Waals surface area contributed by atoms with Crippen molar-refractivity contribution in [2.75, 3.05) is 24.2 Å². The molecule has 2 aromatic carbocycles. The first kappa shape index (κ1) is 19.8. The molecule has 2 rings (SSSR count). The molecule has 140 valence electrons. The second-order valence-corrected chi connectivity index (χ2v) is 7.82. The van der Waals surface area contributed by atoms with Crippen LogP contribution in [0, 0.1) is 0 Å². The van der Waals surface area contributed by atoms with Crippen LogP contribution >= 0.6 is 0 Å². The number of carbonyl (C=O) groups is 1. The van der Waals surface area contributed by atoms with Gasteiger partial charge in [-0.1, -0.05) is 43.3 Å². The van der Waals surface area contributed by atoms with Gasteiger partial charge < -0.3 is 10.1 Å². The molecule has 0 unspecified atom stereocenters. The van der Waals surface area contributed by atoms with Gasteiger partial charge in [0.1, 0.15) is 12.3 Å². The quantitative estimate of drug-likeness (QED) is 0.769. The number of sulfonamides is 1. The number of methoxy groups -OCH3 is 1. The SMILES string of the molecule is CC[C@@H](NC(=O)CN(c1cccc(OC)c1)S(C)(=O)=O)c1ccccc1. The van der Waals surface area contributed by atoms with Gasteiger partial charge in [-0.25, -0.2) is 8.42 Å². The van der Waals surface area contributed by atoms with Crippen molar-refractivity contribution in [2.45, 2.75) is 19.4 Å². The molecule has 0 bridgehead atoms. The topological polar surface area (TPSA) is 75.7 Å². The summed E-state index contributed by atoms with van der Waals surface area (Å²) in [6, 6.07) is 16.0. The molecule has 0 heterocycles. The molecule has 0 saturated heterocycles. The molecule has 6 nitrogen and oxygen atoms in total. The van der Waals surface area contributed by atoms with Crippen LogP contribution in [0.3, 0.4) is 0 Å². The first-order valence-corrected chi connectivity index (χ1v) is 10.2. The van der Waals surface area contributed by atoms with Gasteiger partial charge in [0.15, 0.2) is 0 Å². The molecule has 0 spiro atoms. The van der Waals surface area contributed by atoms with Crippen molar-refractivity contribution in [1.82, 2.24) is 5.32 Å². The monoisotopic (exact) mass is 376 g/mol. The Morgan fingerprint density at radius 1 is 1.15 bits per heavy atom. The second kappa shape index (κ2) is 8.71. The van der Waals surface area contributed by atoms with Crippen molar-refractivity contribution in [3.8, 4) is 5.75 Å². The molecule has 0 saturated carbocycles. The van der Waals surface area contributed by atoms with Crippen LogP contribution in [0.1, 0.15) is 24.9 Å². The predicted octanol–water partition coefficient (Wildman–Crippen LogP) is 2.73. The lowest BCUT2D eigenvalue weighted by Gasteiger charge is -2.24. The third kappa shape index (κ3) is 5.23. The Hall–Kier alpha value is -2.54. The molecule has 0 radical (unpaired) electrons. The third-order valence-electron chi connectivity index (χ3n) is 3.97. The number of nitrogens with zero attached hydrogens (tertiary/aromatic N) is 1. The summed E-state index contributed by atoms with van der Waals surface area (Å²) in [5, 5.41) is 2.91. The number of carbonyl (C=O) groups excluding carboxylic acids is 1. The van der Waals surface area contributed by atoms with Crippen LogP contribution in [-0.2, 0) is 14.8 Å². The van der Waals surface area contributed by atoms with E-state index in [0.717, 1.165) is 16.1 Å². The van der Waals surface area contributed by atoms with Gasteiger partial charge in [-0.3, -0.25) is 9.10 Å². The number of ether oxygens (including phenoxy) is 1. The van der Waals surface area contributed by atoms with E-state index in [-0.39, 0.29) is 18.5 Å². The van der Waals surface area contributed by atoms with Crippen LogP contribution in [0.25, 0.3) is 0 Å². The van der Waals surface area contributed by atoms with Gasteiger partial charge in [0.2, 0.25) is 15.9 Å². The number of hydrogen-bond acceptors (Lipinski definition) is 4.